The number of para-hydroxylation sites is 1. The van der Waals surface area contributed by atoms with Gasteiger partial charge in [0.1, 0.15) is 5.76 Å². The number of hydrogen-bond acceptors (Lipinski definition) is 6. The van der Waals surface area contributed by atoms with Gasteiger partial charge < -0.3 is 9.84 Å². The Kier molecular flexibility index (Phi) is 3.82. The maximum absolute atomic E-state index is 12.3. The number of rotatable bonds is 3. The lowest BCUT2D eigenvalue weighted by molar-refractivity contribution is 0.101. The van der Waals surface area contributed by atoms with Gasteiger partial charge in [-0.15, -0.1) is 0 Å². The third-order valence-corrected chi connectivity index (χ3v) is 3.26. The lowest BCUT2D eigenvalue weighted by Gasteiger charge is -2.08. The highest BCUT2D eigenvalue weighted by atomic mass is 16.5. The van der Waals surface area contributed by atoms with Crippen LogP contribution in [0.4, 0.5) is 5.82 Å². The summed E-state index contributed by atoms with van der Waals surface area (Å²) >= 11 is 0. The van der Waals surface area contributed by atoms with E-state index in [9.17, 15) is 14.4 Å². The van der Waals surface area contributed by atoms with E-state index in [-0.39, 0.29) is 5.82 Å². The van der Waals surface area contributed by atoms with Crippen LogP contribution in [0.3, 0.4) is 0 Å². The second-order valence-corrected chi connectivity index (χ2v) is 5.02. The number of benzene rings is 1. The van der Waals surface area contributed by atoms with Gasteiger partial charge in [0, 0.05) is 13.1 Å². The molecule has 0 bridgehead atoms. The van der Waals surface area contributed by atoms with Gasteiger partial charge in [-0.1, -0.05) is 23.4 Å². The van der Waals surface area contributed by atoms with Gasteiger partial charge in [0.05, 0.1) is 5.69 Å². The molecule has 2 aromatic heterocycles. The number of anilines is 1. The average molecular weight is 327 g/mol. The minimum atomic E-state index is -0.801. The molecule has 0 unspecified atom stereocenters. The van der Waals surface area contributed by atoms with Crippen molar-refractivity contribution in [2.75, 3.05) is 5.32 Å². The summed E-state index contributed by atoms with van der Waals surface area (Å²) < 4.78 is 6.66. The molecule has 0 aliphatic carbocycles. The normalized spacial score (nSPS) is 10.6. The Balaban J connectivity index is 2.08. The summed E-state index contributed by atoms with van der Waals surface area (Å²) in [6.07, 6.45) is 0. The Bertz CT molecular complexity index is 1020. The van der Waals surface area contributed by atoms with Crippen LogP contribution in [0.15, 0.2) is 50.5 Å². The van der Waals surface area contributed by atoms with Gasteiger partial charge in [0.25, 0.3) is 11.5 Å². The highest BCUT2D eigenvalue weighted by molar-refractivity contribution is 6.01. The molecule has 3 rings (SSSR count). The third-order valence-electron chi connectivity index (χ3n) is 3.26. The summed E-state index contributed by atoms with van der Waals surface area (Å²) in [5, 5.41) is 9.94. The molecule has 122 valence electrons. The summed E-state index contributed by atoms with van der Waals surface area (Å²) in [4.78, 5) is 36.7. The molecule has 1 N–H and O–H groups in total. The molecule has 1 aromatic carbocycles. The second kappa shape index (κ2) is 5.95. The van der Waals surface area contributed by atoms with Gasteiger partial charge in [0.15, 0.2) is 5.82 Å². The largest absolute Gasteiger partial charge is 0.360 e. The zero-order valence-corrected chi connectivity index (χ0v) is 12.9. The molecular weight excluding hydrogens is 314 g/mol. The summed E-state index contributed by atoms with van der Waals surface area (Å²) in [6.45, 7) is 1.66. The molecule has 9 heteroatoms. The van der Waals surface area contributed by atoms with Crippen LogP contribution in [-0.2, 0) is 7.05 Å². The van der Waals surface area contributed by atoms with Crippen LogP contribution in [-0.4, -0.2) is 25.4 Å². The zero-order valence-electron chi connectivity index (χ0n) is 12.9. The highest BCUT2D eigenvalue weighted by Crippen LogP contribution is 2.08. The van der Waals surface area contributed by atoms with Crippen LogP contribution in [0.5, 0.6) is 0 Å². The Morgan fingerprint density at radius 1 is 1.21 bits per heavy atom. The quantitative estimate of drug-likeness (QED) is 0.749. The van der Waals surface area contributed by atoms with E-state index >= 15 is 0 Å². The molecule has 9 nitrogen and oxygen atoms in total. The van der Waals surface area contributed by atoms with Crippen molar-refractivity contribution in [2.45, 2.75) is 6.92 Å². The number of carbonyl (C=O) groups excluding carboxylic acids is 1. The number of nitrogens with one attached hydrogen (secondary N) is 1. The molecule has 0 fully saturated rings. The number of nitrogens with zero attached hydrogens (tertiary/aromatic N) is 4. The molecule has 0 aliphatic heterocycles. The van der Waals surface area contributed by atoms with Crippen molar-refractivity contribution >= 4 is 11.7 Å². The summed E-state index contributed by atoms with van der Waals surface area (Å²) in [5.41, 5.74) is -1.45. The first kappa shape index (κ1) is 15.4. The van der Waals surface area contributed by atoms with Gasteiger partial charge in [-0.25, -0.2) is 4.79 Å². The number of amides is 1. The van der Waals surface area contributed by atoms with E-state index in [1.165, 1.54) is 13.1 Å². The standard InChI is InChI=1S/C15H13N5O4/c1-9-8-11(18-24-9)16-13(21)12-14(22)19(2)15(23)20(17-12)10-6-4-3-5-7-10/h3-8H,1-2H3,(H,16,18,21). The fourth-order valence-corrected chi connectivity index (χ4v) is 2.05. The smallest absolute Gasteiger partial charge is 0.351 e. The SMILES string of the molecule is Cc1cc(NC(=O)c2nn(-c3ccccc3)c(=O)n(C)c2=O)no1. The van der Waals surface area contributed by atoms with Crippen LogP contribution < -0.4 is 16.6 Å². The Hall–Kier alpha value is -3.49. The van der Waals surface area contributed by atoms with Gasteiger partial charge in [-0.2, -0.15) is 9.78 Å². The second-order valence-electron chi connectivity index (χ2n) is 5.02. The van der Waals surface area contributed by atoms with Crippen LogP contribution in [0.25, 0.3) is 5.69 Å². The van der Waals surface area contributed by atoms with Crippen molar-refractivity contribution in [3.8, 4) is 5.69 Å². The lowest BCUT2D eigenvalue weighted by atomic mass is 10.3. The predicted molar refractivity (Wildman–Crippen MR) is 84.3 cm³/mol. The van der Waals surface area contributed by atoms with Gasteiger partial charge >= 0.3 is 5.69 Å². The molecule has 0 aliphatic rings. The zero-order chi connectivity index (χ0) is 17.3. The molecular formula is C15H13N5O4. The molecule has 0 atom stereocenters. The van der Waals surface area contributed by atoms with E-state index in [4.69, 9.17) is 4.52 Å². The van der Waals surface area contributed by atoms with Crippen molar-refractivity contribution in [3.63, 3.8) is 0 Å². The first-order chi connectivity index (χ1) is 11.5. The molecule has 24 heavy (non-hydrogen) atoms. The van der Waals surface area contributed by atoms with E-state index in [0.29, 0.717) is 11.4 Å². The Morgan fingerprint density at radius 2 is 1.92 bits per heavy atom. The van der Waals surface area contributed by atoms with E-state index in [2.05, 4.69) is 15.6 Å². The summed E-state index contributed by atoms with van der Waals surface area (Å²) in [5.74, 6) is -0.132. The minimum Gasteiger partial charge on any atom is -0.360 e. The van der Waals surface area contributed by atoms with E-state index in [1.54, 1.807) is 37.3 Å². The summed E-state index contributed by atoms with van der Waals surface area (Å²) in [7, 11) is 1.28. The van der Waals surface area contributed by atoms with Gasteiger partial charge in [-0.3, -0.25) is 14.2 Å². The molecule has 0 saturated heterocycles. The number of hydrogen-bond donors (Lipinski definition) is 1. The number of carbonyl (C=O) groups is 1. The van der Waals surface area contributed by atoms with E-state index in [0.717, 1.165) is 9.25 Å². The fourth-order valence-electron chi connectivity index (χ4n) is 2.05. The molecule has 3 aromatic rings. The molecule has 2 heterocycles. The Labute approximate surface area is 135 Å². The highest BCUT2D eigenvalue weighted by Gasteiger charge is 2.19. The van der Waals surface area contributed by atoms with Gasteiger partial charge in [0.2, 0.25) is 5.69 Å². The monoisotopic (exact) mass is 327 g/mol. The van der Waals surface area contributed by atoms with Crippen LogP contribution in [0, 0.1) is 6.92 Å². The predicted octanol–water partition coefficient (Wildman–Crippen LogP) is 0.480. The first-order valence-corrected chi connectivity index (χ1v) is 6.98. The topological polar surface area (TPSA) is 112 Å². The van der Waals surface area contributed by atoms with E-state index in [1.807, 2.05) is 0 Å². The van der Waals surface area contributed by atoms with Gasteiger partial charge in [-0.05, 0) is 19.1 Å². The van der Waals surface area contributed by atoms with Crippen molar-refractivity contribution in [1.82, 2.24) is 19.5 Å². The third kappa shape index (κ3) is 2.74. The maximum Gasteiger partial charge on any atom is 0.351 e. The van der Waals surface area contributed by atoms with E-state index < -0.39 is 22.9 Å². The number of aryl methyl sites for hydroxylation is 1. The molecule has 0 spiro atoms. The van der Waals surface area contributed by atoms with Crippen LogP contribution in [0.1, 0.15) is 16.2 Å². The van der Waals surface area contributed by atoms with Crippen molar-refractivity contribution in [1.29, 1.82) is 0 Å². The number of aromatic nitrogens is 4. The van der Waals surface area contributed by atoms with Crippen molar-refractivity contribution in [2.24, 2.45) is 7.05 Å². The lowest BCUT2D eigenvalue weighted by Crippen LogP contribution is -2.43. The van der Waals surface area contributed by atoms with Crippen LogP contribution >= 0.6 is 0 Å². The maximum atomic E-state index is 12.3. The fraction of sp³-hybridized carbons (Fsp3) is 0.133. The molecule has 1 amide bonds. The van der Waals surface area contributed by atoms with Crippen LogP contribution in [0.2, 0.25) is 0 Å². The average Bonchev–Trinajstić information content (AvgIpc) is 2.98. The first-order valence-electron chi connectivity index (χ1n) is 6.98. The summed E-state index contributed by atoms with van der Waals surface area (Å²) in [6, 6.07) is 9.98. The minimum absolute atomic E-state index is 0.152. The molecule has 0 saturated carbocycles. The van der Waals surface area contributed by atoms with Crippen molar-refractivity contribution < 1.29 is 9.32 Å². The Morgan fingerprint density at radius 3 is 2.54 bits per heavy atom. The van der Waals surface area contributed by atoms with Crippen molar-refractivity contribution in [3.05, 3.63) is 68.7 Å². The molecule has 0 radical (unpaired) electrons.